The predicted octanol–water partition coefficient (Wildman–Crippen LogP) is 4.18. The lowest BCUT2D eigenvalue weighted by Crippen LogP contribution is -2.56. The fourth-order valence-electron chi connectivity index (χ4n) is 4.48. The summed E-state index contributed by atoms with van der Waals surface area (Å²) >= 11 is 0. The molecule has 0 aromatic carbocycles. The van der Waals surface area contributed by atoms with Crippen molar-refractivity contribution < 1.29 is 4.79 Å². The van der Waals surface area contributed by atoms with E-state index in [-0.39, 0.29) is 12.1 Å². The zero-order chi connectivity index (χ0) is 20.7. The number of pyridine rings is 3. The van der Waals surface area contributed by atoms with Crippen molar-refractivity contribution in [3.05, 3.63) is 60.2 Å². The summed E-state index contributed by atoms with van der Waals surface area (Å²) in [4.78, 5) is 31.0. The van der Waals surface area contributed by atoms with Crippen molar-refractivity contribution in [3.8, 4) is 11.3 Å². The lowest BCUT2D eigenvalue weighted by Gasteiger charge is -2.46. The molecule has 7 nitrogen and oxygen atoms in total. The molecule has 1 N–H and O–H groups in total. The van der Waals surface area contributed by atoms with Crippen LogP contribution in [0.15, 0.2) is 48.9 Å². The molecule has 1 saturated heterocycles. The first-order valence-corrected chi connectivity index (χ1v) is 10.3. The average molecular weight is 400 g/mol. The number of carbonyl (C=O) groups is 1. The smallest absolute Gasteiger partial charge is 0.327 e. The SMILES string of the molecule is Cc1cc(-c2cc(C)c3c(n2)N(C(=O)Nc2cccnc2)C2CCCN3C2)ccn1. The van der Waals surface area contributed by atoms with Crippen molar-refractivity contribution >= 4 is 23.2 Å². The fourth-order valence-corrected chi connectivity index (χ4v) is 4.48. The van der Waals surface area contributed by atoms with Gasteiger partial charge in [0.25, 0.3) is 0 Å². The van der Waals surface area contributed by atoms with E-state index < -0.39 is 0 Å². The average Bonchev–Trinajstić information content (AvgIpc) is 2.74. The van der Waals surface area contributed by atoms with Gasteiger partial charge >= 0.3 is 6.03 Å². The van der Waals surface area contributed by atoms with Crippen LogP contribution in [0.2, 0.25) is 0 Å². The van der Waals surface area contributed by atoms with Crippen LogP contribution in [-0.2, 0) is 0 Å². The minimum atomic E-state index is -0.161. The molecule has 5 rings (SSSR count). The van der Waals surface area contributed by atoms with Gasteiger partial charge in [-0.15, -0.1) is 0 Å². The van der Waals surface area contributed by atoms with E-state index in [1.807, 2.05) is 36.1 Å². The van der Waals surface area contributed by atoms with Crippen LogP contribution in [0.3, 0.4) is 0 Å². The van der Waals surface area contributed by atoms with Gasteiger partial charge in [-0.25, -0.2) is 9.78 Å². The van der Waals surface area contributed by atoms with Crippen molar-refractivity contribution in [1.82, 2.24) is 15.0 Å². The number of aryl methyl sites for hydroxylation is 2. The number of nitrogens with zero attached hydrogens (tertiary/aromatic N) is 5. The molecule has 2 bridgehead atoms. The lowest BCUT2D eigenvalue weighted by atomic mass is 9.97. The second-order valence-corrected chi connectivity index (χ2v) is 7.97. The van der Waals surface area contributed by atoms with E-state index in [0.717, 1.165) is 60.0 Å². The molecular formula is C23H24N6O. The Morgan fingerprint density at radius 1 is 1.20 bits per heavy atom. The Morgan fingerprint density at radius 3 is 2.90 bits per heavy atom. The first kappa shape index (κ1) is 18.5. The maximum Gasteiger partial charge on any atom is 0.327 e. The summed E-state index contributed by atoms with van der Waals surface area (Å²) in [6.45, 7) is 5.91. The van der Waals surface area contributed by atoms with Gasteiger partial charge in [0.05, 0.1) is 29.3 Å². The highest BCUT2D eigenvalue weighted by atomic mass is 16.2. The number of hydrogen-bond acceptors (Lipinski definition) is 5. The lowest BCUT2D eigenvalue weighted by molar-refractivity contribution is 0.252. The molecule has 3 aromatic rings. The predicted molar refractivity (Wildman–Crippen MR) is 118 cm³/mol. The van der Waals surface area contributed by atoms with Gasteiger partial charge in [0, 0.05) is 36.7 Å². The highest BCUT2D eigenvalue weighted by Gasteiger charge is 2.39. The zero-order valence-electron chi connectivity index (χ0n) is 17.2. The number of amides is 2. The van der Waals surface area contributed by atoms with Crippen LogP contribution >= 0.6 is 0 Å². The molecule has 5 heterocycles. The molecule has 152 valence electrons. The molecule has 2 amide bonds. The van der Waals surface area contributed by atoms with Crippen molar-refractivity contribution in [2.75, 3.05) is 28.2 Å². The Morgan fingerprint density at radius 2 is 2.10 bits per heavy atom. The van der Waals surface area contributed by atoms with Gasteiger partial charge in [-0.2, -0.15) is 0 Å². The first-order chi connectivity index (χ1) is 14.6. The van der Waals surface area contributed by atoms with Gasteiger partial charge in [0.1, 0.15) is 0 Å². The zero-order valence-corrected chi connectivity index (χ0v) is 17.2. The molecule has 0 saturated carbocycles. The van der Waals surface area contributed by atoms with Crippen molar-refractivity contribution in [2.45, 2.75) is 32.7 Å². The van der Waals surface area contributed by atoms with E-state index in [2.05, 4.69) is 33.2 Å². The summed E-state index contributed by atoms with van der Waals surface area (Å²) in [6.07, 6.45) is 7.18. The van der Waals surface area contributed by atoms with Crippen LogP contribution in [0, 0.1) is 13.8 Å². The number of urea groups is 1. The summed E-state index contributed by atoms with van der Waals surface area (Å²) in [6, 6.07) is 9.70. The van der Waals surface area contributed by atoms with E-state index in [1.54, 1.807) is 18.6 Å². The summed E-state index contributed by atoms with van der Waals surface area (Å²) in [7, 11) is 0. The fraction of sp³-hybridized carbons (Fsp3) is 0.304. The second kappa shape index (κ2) is 7.40. The number of piperidine rings is 1. The third-order valence-electron chi connectivity index (χ3n) is 5.80. The molecule has 1 fully saturated rings. The molecule has 2 aliphatic rings. The molecule has 30 heavy (non-hydrogen) atoms. The van der Waals surface area contributed by atoms with Crippen LogP contribution in [-0.4, -0.2) is 40.1 Å². The van der Waals surface area contributed by atoms with Gasteiger partial charge in [-0.1, -0.05) is 0 Å². The highest BCUT2D eigenvalue weighted by molar-refractivity contribution is 6.04. The van der Waals surface area contributed by atoms with Crippen LogP contribution in [0.25, 0.3) is 11.3 Å². The molecule has 3 aromatic heterocycles. The first-order valence-electron chi connectivity index (χ1n) is 10.3. The summed E-state index contributed by atoms with van der Waals surface area (Å²) in [5, 5.41) is 3.00. The van der Waals surface area contributed by atoms with Gasteiger partial charge in [0.15, 0.2) is 5.82 Å². The maximum atomic E-state index is 13.4. The Labute approximate surface area is 175 Å². The molecule has 0 radical (unpaired) electrons. The van der Waals surface area contributed by atoms with E-state index in [1.165, 1.54) is 0 Å². The number of hydrogen-bond donors (Lipinski definition) is 1. The van der Waals surface area contributed by atoms with Crippen LogP contribution in [0.5, 0.6) is 0 Å². The maximum absolute atomic E-state index is 13.4. The molecule has 1 unspecified atom stereocenters. The molecule has 0 aliphatic carbocycles. The van der Waals surface area contributed by atoms with Gasteiger partial charge in [0.2, 0.25) is 0 Å². The van der Waals surface area contributed by atoms with Crippen LogP contribution in [0.1, 0.15) is 24.1 Å². The number of nitrogens with one attached hydrogen (secondary N) is 1. The number of aromatic nitrogens is 3. The standard InChI is InChI=1S/C23H24N6O/c1-15-11-20(17-7-9-25-16(2)12-17)27-22-21(15)28-10-4-6-19(14-28)29(22)23(30)26-18-5-3-8-24-13-18/h3,5,7-9,11-13,19H,4,6,10,14H2,1-2H3,(H,26,30). The van der Waals surface area contributed by atoms with E-state index in [0.29, 0.717) is 5.69 Å². The van der Waals surface area contributed by atoms with Gasteiger partial charge < -0.3 is 10.2 Å². The number of fused-ring (bicyclic) bond motifs is 4. The third-order valence-corrected chi connectivity index (χ3v) is 5.80. The van der Waals surface area contributed by atoms with E-state index in [4.69, 9.17) is 4.98 Å². The highest BCUT2D eigenvalue weighted by Crippen LogP contribution is 2.42. The summed E-state index contributed by atoms with van der Waals surface area (Å²) in [5.74, 6) is 0.733. The van der Waals surface area contributed by atoms with Crippen molar-refractivity contribution in [2.24, 2.45) is 0 Å². The second-order valence-electron chi connectivity index (χ2n) is 7.97. The third kappa shape index (κ3) is 3.26. The molecular weight excluding hydrogens is 376 g/mol. The Hall–Kier alpha value is -3.48. The molecule has 7 heteroatoms. The number of carbonyl (C=O) groups excluding carboxylic acids is 1. The summed E-state index contributed by atoms with van der Waals surface area (Å²) < 4.78 is 0. The van der Waals surface area contributed by atoms with Gasteiger partial charge in [-0.3, -0.25) is 14.9 Å². The van der Waals surface area contributed by atoms with E-state index in [9.17, 15) is 4.79 Å². The van der Waals surface area contributed by atoms with E-state index >= 15 is 0 Å². The minimum Gasteiger partial charge on any atom is -0.366 e. The van der Waals surface area contributed by atoms with Gasteiger partial charge in [-0.05, 0) is 62.6 Å². The molecule has 2 aliphatic heterocycles. The summed E-state index contributed by atoms with van der Waals surface area (Å²) in [5.41, 5.74) is 5.67. The van der Waals surface area contributed by atoms with Crippen molar-refractivity contribution in [3.63, 3.8) is 0 Å². The normalized spacial score (nSPS) is 17.5. The molecule has 0 spiro atoms. The number of anilines is 3. The Kier molecular flexibility index (Phi) is 4.58. The monoisotopic (exact) mass is 400 g/mol. The Bertz CT molecular complexity index is 1100. The Balaban J connectivity index is 1.60. The van der Waals surface area contributed by atoms with Crippen LogP contribution in [0.4, 0.5) is 22.0 Å². The van der Waals surface area contributed by atoms with Crippen molar-refractivity contribution in [1.29, 1.82) is 0 Å². The molecule has 1 atom stereocenters. The number of rotatable bonds is 2. The topological polar surface area (TPSA) is 74.2 Å². The largest absolute Gasteiger partial charge is 0.366 e. The minimum absolute atomic E-state index is 0.101. The van der Waals surface area contributed by atoms with Crippen LogP contribution < -0.4 is 15.1 Å². The quantitative estimate of drug-likeness (QED) is 0.699.